The molecule has 0 bridgehead atoms. The van der Waals surface area contributed by atoms with Crippen LogP contribution in [-0.2, 0) is 5.54 Å². The number of rotatable bonds is 4. The van der Waals surface area contributed by atoms with E-state index in [1.807, 2.05) is 12.1 Å². The number of benzene rings is 1. The van der Waals surface area contributed by atoms with E-state index in [1.165, 1.54) is 18.4 Å². The highest BCUT2D eigenvalue weighted by Gasteiger charge is 2.31. The van der Waals surface area contributed by atoms with Crippen molar-refractivity contribution >= 4 is 22.6 Å². The molecule has 0 unspecified atom stereocenters. The third-order valence-electron chi connectivity index (χ3n) is 3.61. The van der Waals surface area contributed by atoms with Crippen LogP contribution in [0.2, 0.25) is 0 Å². The van der Waals surface area contributed by atoms with Gasteiger partial charge in [-0.3, -0.25) is 0 Å². The van der Waals surface area contributed by atoms with Crippen LogP contribution in [0.5, 0.6) is 0 Å². The molecule has 1 fully saturated rings. The van der Waals surface area contributed by atoms with Gasteiger partial charge in [-0.1, -0.05) is 43.7 Å². The zero-order chi connectivity index (χ0) is 13.7. The number of nitrogens with zero attached hydrogens (tertiary/aromatic N) is 1. The molecule has 0 radical (unpaired) electrons. The van der Waals surface area contributed by atoms with Crippen LogP contribution < -0.4 is 11.5 Å². The van der Waals surface area contributed by atoms with Gasteiger partial charge in [-0.2, -0.15) is 0 Å². The van der Waals surface area contributed by atoms with Crippen molar-refractivity contribution in [3.8, 4) is 0 Å². The Morgan fingerprint density at radius 2 is 2.11 bits per heavy atom. The molecule has 19 heavy (non-hydrogen) atoms. The Hall–Kier alpha value is -1.00. The lowest BCUT2D eigenvalue weighted by Crippen LogP contribution is -2.32. The standard InChI is InChI=1S/C15H23N3S/c1-2-10-19-14(16)18-13-7-5-6-12(11-13)15(17)8-3-4-9-15/h5-7,11H,2-4,8-10,17H2,1H3,(H2,16,18). The number of aliphatic imine (C=N–C) groups is 1. The Bertz CT molecular complexity index is 450. The number of thioether (sulfide) groups is 1. The van der Waals surface area contributed by atoms with Crippen molar-refractivity contribution < 1.29 is 0 Å². The van der Waals surface area contributed by atoms with Crippen molar-refractivity contribution in [2.75, 3.05) is 5.75 Å². The third kappa shape index (κ3) is 3.74. The molecule has 1 aromatic carbocycles. The monoisotopic (exact) mass is 277 g/mol. The lowest BCUT2D eigenvalue weighted by atomic mass is 9.89. The summed E-state index contributed by atoms with van der Waals surface area (Å²) in [6.07, 6.45) is 5.68. The fraction of sp³-hybridized carbons (Fsp3) is 0.533. The van der Waals surface area contributed by atoms with E-state index < -0.39 is 0 Å². The van der Waals surface area contributed by atoms with E-state index >= 15 is 0 Å². The second kappa shape index (κ2) is 6.44. The van der Waals surface area contributed by atoms with Gasteiger partial charge in [0.15, 0.2) is 5.17 Å². The molecule has 1 aliphatic carbocycles. The van der Waals surface area contributed by atoms with E-state index in [9.17, 15) is 0 Å². The molecule has 0 aromatic heterocycles. The van der Waals surface area contributed by atoms with E-state index in [4.69, 9.17) is 11.5 Å². The minimum Gasteiger partial charge on any atom is -0.378 e. The Balaban J connectivity index is 2.15. The van der Waals surface area contributed by atoms with Gasteiger partial charge >= 0.3 is 0 Å². The van der Waals surface area contributed by atoms with Gasteiger partial charge in [0.1, 0.15) is 0 Å². The first-order chi connectivity index (χ1) is 9.14. The lowest BCUT2D eigenvalue weighted by Gasteiger charge is -2.24. The summed E-state index contributed by atoms with van der Waals surface area (Å²) in [5.74, 6) is 1.01. The topological polar surface area (TPSA) is 64.4 Å². The Kier molecular flexibility index (Phi) is 4.88. The molecule has 4 N–H and O–H groups in total. The zero-order valence-corrected chi connectivity index (χ0v) is 12.4. The van der Waals surface area contributed by atoms with Crippen LogP contribution in [0.15, 0.2) is 29.3 Å². The highest BCUT2D eigenvalue weighted by molar-refractivity contribution is 8.13. The quantitative estimate of drug-likeness (QED) is 0.654. The molecule has 0 heterocycles. The number of hydrogen-bond donors (Lipinski definition) is 2. The average molecular weight is 277 g/mol. The molecular formula is C15H23N3S. The molecule has 3 nitrogen and oxygen atoms in total. The van der Waals surface area contributed by atoms with Gasteiger partial charge in [-0.25, -0.2) is 4.99 Å². The molecule has 104 valence electrons. The summed E-state index contributed by atoms with van der Waals surface area (Å²) in [4.78, 5) is 4.46. The Labute approximate surface area is 119 Å². The molecule has 1 aliphatic rings. The summed E-state index contributed by atoms with van der Waals surface area (Å²) in [5, 5.41) is 0.636. The number of nitrogens with two attached hydrogens (primary N) is 2. The van der Waals surface area contributed by atoms with Crippen LogP contribution in [-0.4, -0.2) is 10.9 Å². The predicted octanol–water partition coefficient (Wildman–Crippen LogP) is 3.50. The Morgan fingerprint density at radius 1 is 1.37 bits per heavy atom. The van der Waals surface area contributed by atoms with Crippen LogP contribution in [0.3, 0.4) is 0 Å². The van der Waals surface area contributed by atoms with Gasteiger partial charge in [-0.15, -0.1) is 0 Å². The first-order valence-electron chi connectivity index (χ1n) is 7.00. The fourth-order valence-electron chi connectivity index (χ4n) is 2.55. The van der Waals surface area contributed by atoms with Crippen molar-refractivity contribution in [3.63, 3.8) is 0 Å². The molecule has 2 rings (SSSR count). The maximum absolute atomic E-state index is 6.48. The van der Waals surface area contributed by atoms with Gasteiger partial charge < -0.3 is 11.5 Å². The smallest absolute Gasteiger partial charge is 0.159 e. The summed E-state index contributed by atoms with van der Waals surface area (Å²) in [7, 11) is 0. The Morgan fingerprint density at radius 3 is 2.79 bits per heavy atom. The normalized spacial score (nSPS) is 18.7. The minimum absolute atomic E-state index is 0.156. The summed E-state index contributed by atoms with van der Waals surface area (Å²) in [5.41, 5.74) is 14.3. The van der Waals surface area contributed by atoms with Crippen molar-refractivity contribution in [2.24, 2.45) is 16.5 Å². The minimum atomic E-state index is -0.156. The van der Waals surface area contributed by atoms with E-state index in [1.54, 1.807) is 11.8 Å². The lowest BCUT2D eigenvalue weighted by molar-refractivity contribution is 0.462. The van der Waals surface area contributed by atoms with Crippen LogP contribution in [0, 0.1) is 0 Å². The van der Waals surface area contributed by atoms with Crippen molar-refractivity contribution in [1.29, 1.82) is 0 Å². The highest BCUT2D eigenvalue weighted by Crippen LogP contribution is 2.37. The molecular weight excluding hydrogens is 254 g/mol. The van der Waals surface area contributed by atoms with Crippen LogP contribution in [0.25, 0.3) is 0 Å². The van der Waals surface area contributed by atoms with E-state index in [0.717, 1.165) is 30.7 Å². The molecule has 0 spiro atoms. The maximum atomic E-state index is 6.48. The van der Waals surface area contributed by atoms with Crippen LogP contribution in [0.4, 0.5) is 5.69 Å². The second-order valence-electron chi connectivity index (χ2n) is 5.21. The van der Waals surface area contributed by atoms with Gasteiger partial charge in [0, 0.05) is 11.3 Å². The van der Waals surface area contributed by atoms with Gasteiger partial charge in [0.2, 0.25) is 0 Å². The van der Waals surface area contributed by atoms with Crippen LogP contribution >= 0.6 is 11.8 Å². The highest BCUT2D eigenvalue weighted by atomic mass is 32.2. The van der Waals surface area contributed by atoms with E-state index in [2.05, 4.69) is 24.0 Å². The summed E-state index contributed by atoms with van der Waals surface area (Å²) < 4.78 is 0. The molecule has 0 saturated heterocycles. The molecule has 4 heteroatoms. The second-order valence-corrected chi connectivity index (χ2v) is 6.33. The molecule has 0 amide bonds. The van der Waals surface area contributed by atoms with Gasteiger partial charge in [0.25, 0.3) is 0 Å². The van der Waals surface area contributed by atoms with Crippen LogP contribution in [0.1, 0.15) is 44.6 Å². The van der Waals surface area contributed by atoms with E-state index in [0.29, 0.717) is 5.17 Å². The van der Waals surface area contributed by atoms with Crippen molar-refractivity contribution in [2.45, 2.75) is 44.6 Å². The predicted molar refractivity (Wildman–Crippen MR) is 84.8 cm³/mol. The summed E-state index contributed by atoms with van der Waals surface area (Å²) in [6, 6.07) is 8.21. The molecule has 0 atom stereocenters. The maximum Gasteiger partial charge on any atom is 0.159 e. The molecule has 1 saturated carbocycles. The first-order valence-corrected chi connectivity index (χ1v) is 7.99. The van der Waals surface area contributed by atoms with Crippen molar-refractivity contribution in [3.05, 3.63) is 29.8 Å². The summed E-state index contributed by atoms with van der Waals surface area (Å²) >= 11 is 1.60. The average Bonchev–Trinajstić information content (AvgIpc) is 2.85. The number of amidine groups is 1. The third-order valence-corrected chi connectivity index (χ3v) is 4.61. The van der Waals surface area contributed by atoms with Gasteiger partial charge in [-0.05, 0) is 37.0 Å². The summed E-state index contributed by atoms with van der Waals surface area (Å²) in [6.45, 7) is 2.14. The molecule has 1 aromatic rings. The fourth-order valence-corrected chi connectivity index (χ4v) is 3.13. The van der Waals surface area contributed by atoms with E-state index in [-0.39, 0.29) is 5.54 Å². The van der Waals surface area contributed by atoms with Crippen molar-refractivity contribution in [1.82, 2.24) is 0 Å². The SMILES string of the molecule is CCCSC(N)=Nc1cccc(C2(N)CCCC2)c1. The van der Waals surface area contributed by atoms with Gasteiger partial charge in [0.05, 0.1) is 5.69 Å². The molecule has 0 aliphatic heterocycles. The first kappa shape index (κ1) is 14.4. The zero-order valence-electron chi connectivity index (χ0n) is 11.6. The number of hydrogen-bond acceptors (Lipinski definition) is 3. The largest absolute Gasteiger partial charge is 0.378 e.